The highest BCUT2D eigenvalue weighted by Gasteiger charge is 2.35. The fourth-order valence-corrected chi connectivity index (χ4v) is 3.56. The number of nitro groups is 1. The minimum atomic E-state index is -4.00. The van der Waals surface area contributed by atoms with Crippen LogP contribution in [0.4, 0.5) is 5.69 Å². The summed E-state index contributed by atoms with van der Waals surface area (Å²) in [6.07, 6.45) is 1.82. The first kappa shape index (κ1) is 15.7. The molecule has 1 aromatic rings. The summed E-state index contributed by atoms with van der Waals surface area (Å²) in [6, 6.07) is 3.23. The fraction of sp³-hybridized carbons (Fsp3) is 0.500. The molecule has 3 N–H and O–H groups in total. The number of rotatable bonds is 7. The molecule has 0 bridgehead atoms. The molecule has 9 heteroatoms. The molecule has 0 saturated heterocycles. The molecule has 1 aromatic carbocycles. The van der Waals surface area contributed by atoms with Gasteiger partial charge in [-0.05, 0) is 30.9 Å². The van der Waals surface area contributed by atoms with Crippen LogP contribution in [0.1, 0.15) is 12.8 Å². The van der Waals surface area contributed by atoms with Crippen molar-refractivity contribution in [3.05, 3.63) is 28.3 Å². The van der Waals surface area contributed by atoms with Crippen molar-refractivity contribution in [2.24, 2.45) is 11.7 Å². The molecule has 0 heterocycles. The van der Waals surface area contributed by atoms with Gasteiger partial charge in [-0.2, -0.15) is 0 Å². The largest absolute Gasteiger partial charge is 0.497 e. The van der Waals surface area contributed by atoms with E-state index in [1.807, 2.05) is 0 Å². The van der Waals surface area contributed by atoms with Gasteiger partial charge in [0.25, 0.3) is 5.69 Å². The van der Waals surface area contributed by atoms with Gasteiger partial charge in [0.05, 0.1) is 18.1 Å². The minimum Gasteiger partial charge on any atom is -0.497 e. The number of nitrogens with two attached hydrogens (primary N) is 1. The summed E-state index contributed by atoms with van der Waals surface area (Å²) < 4.78 is 32.0. The Hall–Kier alpha value is -1.71. The first-order valence-electron chi connectivity index (χ1n) is 6.44. The number of benzene rings is 1. The van der Waals surface area contributed by atoms with E-state index in [1.54, 1.807) is 0 Å². The third-order valence-corrected chi connectivity index (χ3v) is 4.94. The summed E-state index contributed by atoms with van der Waals surface area (Å²) in [6.45, 7) is 0.161. The van der Waals surface area contributed by atoms with Gasteiger partial charge in [0.1, 0.15) is 5.75 Å². The van der Waals surface area contributed by atoms with Crippen LogP contribution in [0.2, 0.25) is 0 Å². The zero-order chi connectivity index (χ0) is 15.6. The Kier molecular flexibility index (Phi) is 4.45. The average molecular weight is 315 g/mol. The third-order valence-electron chi connectivity index (χ3n) is 3.40. The molecule has 1 aliphatic rings. The van der Waals surface area contributed by atoms with E-state index in [0.717, 1.165) is 18.9 Å². The van der Waals surface area contributed by atoms with Crippen molar-refractivity contribution in [3.63, 3.8) is 0 Å². The van der Waals surface area contributed by atoms with E-state index >= 15 is 0 Å². The number of hydrogen-bond acceptors (Lipinski definition) is 6. The van der Waals surface area contributed by atoms with Crippen LogP contribution in [-0.2, 0) is 10.0 Å². The van der Waals surface area contributed by atoms with E-state index in [-0.39, 0.29) is 23.1 Å². The minimum absolute atomic E-state index is 0.161. The standard InChI is InChI=1S/C12H17N3O5S/c1-20-9-4-5-12(11(6-9)15(16)17)21(18,19)14-10(7-13)8-2-3-8/h4-6,8,10,14H,2-3,7,13H2,1H3. The molecule has 0 amide bonds. The van der Waals surface area contributed by atoms with Crippen LogP contribution in [0.5, 0.6) is 5.75 Å². The molecule has 1 unspecified atom stereocenters. The Labute approximate surface area is 122 Å². The van der Waals surface area contributed by atoms with Crippen LogP contribution in [0.3, 0.4) is 0 Å². The molecule has 0 aliphatic heterocycles. The normalized spacial score (nSPS) is 16.5. The lowest BCUT2D eigenvalue weighted by molar-refractivity contribution is -0.387. The molecule has 1 fully saturated rings. The van der Waals surface area contributed by atoms with Crippen molar-refractivity contribution in [1.82, 2.24) is 4.72 Å². The summed E-state index contributed by atoms with van der Waals surface area (Å²) in [4.78, 5) is 9.94. The molecular weight excluding hydrogens is 298 g/mol. The Bertz CT molecular complexity index is 642. The molecule has 0 radical (unpaired) electrons. The number of hydrogen-bond donors (Lipinski definition) is 2. The van der Waals surface area contributed by atoms with Gasteiger partial charge in [-0.15, -0.1) is 0 Å². The second-order valence-electron chi connectivity index (χ2n) is 4.89. The SMILES string of the molecule is COc1ccc(S(=O)(=O)NC(CN)C2CC2)c([N+](=O)[O-])c1. The van der Waals surface area contributed by atoms with E-state index in [0.29, 0.717) is 0 Å². The molecule has 2 rings (SSSR count). The van der Waals surface area contributed by atoms with Crippen LogP contribution < -0.4 is 15.2 Å². The Morgan fingerprint density at radius 3 is 2.67 bits per heavy atom. The van der Waals surface area contributed by atoms with E-state index in [4.69, 9.17) is 10.5 Å². The molecule has 1 aliphatic carbocycles. The number of methoxy groups -OCH3 is 1. The van der Waals surface area contributed by atoms with Gasteiger partial charge in [0.15, 0.2) is 4.90 Å². The molecule has 1 saturated carbocycles. The van der Waals surface area contributed by atoms with Crippen LogP contribution in [0, 0.1) is 16.0 Å². The van der Waals surface area contributed by atoms with Crippen molar-refractivity contribution in [1.29, 1.82) is 0 Å². The summed E-state index contributed by atoms with van der Waals surface area (Å²) in [5, 5.41) is 11.1. The van der Waals surface area contributed by atoms with Crippen LogP contribution in [-0.4, -0.2) is 33.0 Å². The van der Waals surface area contributed by atoms with Gasteiger partial charge < -0.3 is 10.5 Å². The maximum atomic E-state index is 12.3. The van der Waals surface area contributed by atoms with Crippen LogP contribution in [0.25, 0.3) is 0 Å². The number of nitrogens with zero attached hydrogens (tertiary/aromatic N) is 1. The lowest BCUT2D eigenvalue weighted by atomic mass is 10.2. The van der Waals surface area contributed by atoms with Gasteiger partial charge >= 0.3 is 0 Å². The van der Waals surface area contributed by atoms with Gasteiger partial charge in [-0.1, -0.05) is 0 Å². The molecule has 21 heavy (non-hydrogen) atoms. The smallest absolute Gasteiger partial charge is 0.293 e. The first-order chi connectivity index (χ1) is 9.89. The molecular formula is C12H17N3O5S. The van der Waals surface area contributed by atoms with E-state index in [1.165, 1.54) is 19.2 Å². The van der Waals surface area contributed by atoms with Crippen molar-refractivity contribution in [2.75, 3.05) is 13.7 Å². The quantitative estimate of drug-likeness (QED) is 0.561. The van der Waals surface area contributed by atoms with E-state index < -0.39 is 26.7 Å². The third kappa shape index (κ3) is 3.49. The van der Waals surface area contributed by atoms with Crippen molar-refractivity contribution in [2.45, 2.75) is 23.8 Å². The van der Waals surface area contributed by atoms with Crippen LogP contribution in [0.15, 0.2) is 23.1 Å². The highest BCUT2D eigenvalue weighted by Crippen LogP contribution is 2.34. The number of ether oxygens (including phenoxy) is 1. The second-order valence-corrected chi connectivity index (χ2v) is 6.57. The van der Waals surface area contributed by atoms with Gasteiger partial charge in [0, 0.05) is 12.6 Å². The molecule has 8 nitrogen and oxygen atoms in total. The number of nitrogens with one attached hydrogen (secondary N) is 1. The van der Waals surface area contributed by atoms with Gasteiger partial charge in [0.2, 0.25) is 10.0 Å². The summed E-state index contributed by atoms with van der Waals surface area (Å²) >= 11 is 0. The van der Waals surface area contributed by atoms with E-state index in [2.05, 4.69) is 4.72 Å². The average Bonchev–Trinajstić information content (AvgIpc) is 3.28. The monoisotopic (exact) mass is 315 g/mol. The maximum absolute atomic E-state index is 12.3. The zero-order valence-electron chi connectivity index (χ0n) is 11.5. The van der Waals surface area contributed by atoms with Gasteiger partial charge in [-0.3, -0.25) is 10.1 Å². The van der Waals surface area contributed by atoms with Crippen molar-refractivity contribution in [3.8, 4) is 5.75 Å². The fourth-order valence-electron chi connectivity index (χ4n) is 2.09. The number of nitro benzene ring substituents is 1. The van der Waals surface area contributed by atoms with Crippen molar-refractivity contribution < 1.29 is 18.1 Å². The van der Waals surface area contributed by atoms with Gasteiger partial charge in [-0.25, -0.2) is 13.1 Å². The summed E-state index contributed by atoms with van der Waals surface area (Å²) in [7, 11) is -2.65. The first-order valence-corrected chi connectivity index (χ1v) is 7.92. The topological polar surface area (TPSA) is 125 Å². The Balaban J connectivity index is 2.36. The maximum Gasteiger partial charge on any atom is 0.293 e. The molecule has 1 atom stereocenters. The summed E-state index contributed by atoms with van der Waals surface area (Å²) in [5.41, 5.74) is 5.04. The lowest BCUT2D eigenvalue weighted by Gasteiger charge is -2.16. The second kappa shape index (κ2) is 5.96. The highest BCUT2D eigenvalue weighted by molar-refractivity contribution is 7.89. The molecule has 0 aromatic heterocycles. The molecule has 116 valence electrons. The van der Waals surface area contributed by atoms with Crippen molar-refractivity contribution >= 4 is 15.7 Å². The van der Waals surface area contributed by atoms with Crippen LogP contribution >= 0.6 is 0 Å². The summed E-state index contributed by atoms with van der Waals surface area (Å²) in [5.74, 6) is 0.431. The lowest BCUT2D eigenvalue weighted by Crippen LogP contribution is -2.41. The Morgan fingerprint density at radius 2 is 2.19 bits per heavy atom. The zero-order valence-corrected chi connectivity index (χ0v) is 12.3. The predicted molar refractivity (Wildman–Crippen MR) is 75.5 cm³/mol. The Morgan fingerprint density at radius 1 is 1.52 bits per heavy atom. The van der Waals surface area contributed by atoms with E-state index in [9.17, 15) is 18.5 Å². The number of sulfonamides is 1. The highest BCUT2D eigenvalue weighted by atomic mass is 32.2. The predicted octanol–water partition coefficient (Wildman–Crippen LogP) is 0.619. The molecule has 0 spiro atoms.